The first-order valence-electron chi connectivity index (χ1n) is 7.20. The number of H-pyrrole nitrogens is 1. The summed E-state index contributed by atoms with van der Waals surface area (Å²) in [4.78, 5) is 8.20. The van der Waals surface area contributed by atoms with E-state index in [1.165, 1.54) is 49.8 Å². The molecule has 0 amide bonds. The standard InChI is InChI=1S/C15H24N2S/c1-10(2)13-11(3)16-14(17-15(13)18)12-8-6-4-5-7-9-12/h10,12H,4-9H2,1-3H3,(H,16,17,18). The predicted molar refractivity (Wildman–Crippen MR) is 78.7 cm³/mol. The van der Waals surface area contributed by atoms with E-state index in [-0.39, 0.29) is 0 Å². The number of aryl methyl sites for hydroxylation is 1. The molecular formula is C15H24N2S. The molecule has 1 N–H and O–H groups in total. The van der Waals surface area contributed by atoms with Crippen LogP contribution in [-0.2, 0) is 0 Å². The van der Waals surface area contributed by atoms with Gasteiger partial charge in [-0.25, -0.2) is 4.98 Å². The van der Waals surface area contributed by atoms with Gasteiger partial charge in [0.25, 0.3) is 0 Å². The molecule has 0 radical (unpaired) electrons. The van der Waals surface area contributed by atoms with Crippen LogP contribution in [0.1, 0.15) is 81.3 Å². The Balaban J connectivity index is 2.32. The van der Waals surface area contributed by atoms with Crippen LogP contribution in [0.2, 0.25) is 0 Å². The van der Waals surface area contributed by atoms with Gasteiger partial charge in [0.1, 0.15) is 10.5 Å². The first kappa shape index (κ1) is 13.7. The van der Waals surface area contributed by atoms with E-state index in [0.29, 0.717) is 11.8 Å². The predicted octanol–water partition coefficient (Wildman–Crippen LogP) is 5.01. The van der Waals surface area contributed by atoms with Gasteiger partial charge >= 0.3 is 0 Å². The molecule has 1 saturated carbocycles. The molecule has 1 aromatic rings. The number of rotatable bonds is 2. The van der Waals surface area contributed by atoms with Crippen LogP contribution in [-0.4, -0.2) is 9.97 Å². The molecule has 0 aliphatic heterocycles. The molecule has 1 aliphatic carbocycles. The lowest BCUT2D eigenvalue weighted by atomic mass is 9.98. The highest BCUT2D eigenvalue weighted by Gasteiger charge is 2.18. The highest BCUT2D eigenvalue weighted by Crippen LogP contribution is 2.30. The summed E-state index contributed by atoms with van der Waals surface area (Å²) < 4.78 is 0.806. The van der Waals surface area contributed by atoms with Crippen molar-refractivity contribution in [3.63, 3.8) is 0 Å². The maximum atomic E-state index is 5.48. The van der Waals surface area contributed by atoms with Gasteiger partial charge in [-0.3, -0.25) is 0 Å². The molecule has 1 aromatic heterocycles. The normalized spacial score (nSPS) is 18.0. The van der Waals surface area contributed by atoms with Crippen molar-refractivity contribution in [1.29, 1.82) is 0 Å². The molecule has 2 rings (SSSR count). The van der Waals surface area contributed by atoms with Crippen molar-refractivity contribution < 1.29 is 0 Å². The molecule has 0 bridgehead atoms. The Morgan fingerprint density at radius 1 is 1.17 bits per heavy atom. The molecule has 1 heterocycles. The Morgan fingerprint density at radius 2 is 1.78 bits per heavy atom. The number of nitrogens with one attached hydrogen (secondary N) is 1. The molecule has 18 heavy (non-hydrogen) atoms. The summed E-state index contributed by atoms with van der Waals surface area (Å²) in [5.41, 5.74) is 2.42. The monoisotopic (exact) mass is 264 g/mol. The highest BCUT2D eigenvalue weighted by atomic mass is 32.1. The van der Waals surface area contributed by atoms with Crippen LogP contribution in [0.5, 0.6) is 0 Å². The minimum Gasteiger partial charge on any atom is -0.347 e. The summed E-state index contributed by atoms with van der Waals surface area (Å²) in [5, 5.41) is 0. The number of hydrogen-bond acceptors (Lipinski definition) is 2. The lowest BCUT2D eigenvalue weighted by Crippen LogP contribution is -2.08. The average molecular weight is 264 g/mol. The van der Waals surface area contributed by atoms with E-state index < -0.39 is 0 Å². The van der Waals surface area contributed by atoms with Crippen molar-refractivity contribution >= 4 is 12.2 Å². The van der Waals surface area contributed by atoms with Gasteiger partial charge in [0, 0.05) is 17.2 Å². The molecule has 100 valence electrons. The van der Waals surface area contributed by atoms with Crippen molar-refractivity contribution in [1.82, 2.24) is 9.97 Å². The lowest BCUT2D eigenvalue weighted by Gasteiger charge is -2.17. The van der Waals surface area contributed by atoms with Crippen molar-refractivity contribution in [3.8, 4) is 0 Å². The Morgan fingerprint density at radius 3 is 2.28 bits per heavy atom. The Labute approximate surface area is 115 Å². The minimum absolute atomic E-state index is 0.449. The van der Waals surface area contributed by atoms with Gasteiger partial charge in [0.15, 0.2) is 0 Å². The molecular weight excluding hydrogens is 240 g/mol. The van der Waals surface area contributed by atoms with Gasteiger partial charge in [-0.05, 0) is 25.7 Å². The van der Waals surface area contributed by atoms with E-state index in [4.69, 9.17) is 12.2 Å². The first-order chi connectivity index (χ1) is 8.59. The number of aromatic amines is 1. The third-order valence-corrected chi connectivity index (χ3v) is 4.30. The van der Waals surface area contributed by atoms with Crippen LogP contribution in [0.3, 0.4) is 0 Å². The van der Waals surface area contributed by atoms with Crippen molar-refractivity contribution in [2.45, 2.75) is 71.1 Å². The van der Waals surface area contributed by atoms with E-state index >= 15 is 0 Å². The van der Waals surface area contributed by atoms with E-state index in [1.807, 2.05) is 0 Å². The highest BCUT2D eigenvalue weighted by molar-refractivity contribution is 7.71. The SMILES string of the molecule is Cc1[nH]c(C2CCCCCC2)nc(=S)c1C(C)C. The maximum absolute atomic E-state index is 5.48. The zero-order valence-electron chi connectivity index (χ0n) is 11.8. The molecule has 0 spiro atoms. The molecule has 1 aliphatic rings. The quantitative estimate of drug-likeness (QED) is 0.601. The number of nitrogens with zero attached hydrogens (tertiary/aromatic N) is 1. The molecule has 3 heteroatoms. The zero-order chi connectivity index (χ0) is 13.1. The topological polar surface area (TPSA) is 28.7 Å². The lowest BCUT2D eigenvalue weighted by molar-refractivity contribution is 0.555. The Bertz CT molecular complexity index is 454. The van der Waals surface area contributed by atoms with Gasteiger partial charge in [-0.2, -0.15) is 0 Å². The summed E-state index contributed by atoms with van der Waals surface area (Å²) >= 11 is 5.48. The first-order valence-corrected chi connectivity index (χ1v) is 7.61. The second-order valence-electron chi connectivity index (χ2n) is 5.81. The maximum Gasteiger partial charge on any atom is 0.133 e. The summed E-state index contributed by atoms with van der Waals surface area (Å²) in [7, 11) is 0. The van der Waals surface area contributed by atoms with E-state index in [2.05, 4.69) is 30.7 Å². The van der Waals surface area contributed by atoms with E-state index in [1.54, 1.807) is 0 Å². The van der Waals surface area contributed by atoms with Crippen LogP contribution >= 0.6 is 12.2 Å². The van der Waals surface area contributed by atoms with Crippen LogP contribution in [0.15, 0.2) is 0 Å². The van der Waals surface area contributed by atoms with E-state index in [9.17, 15) is 0 Å². The molecule has 0 saturated heterocycles. The fraction of sp³-hybridized carbons (Fsp3) is 0.733. The number of hydrogen-bond donors (Lipinski definition) is 1. The smallest absolute Gasteiger partial charge is 0.133 e. The fourth-order valence-electron chi connectivity index (χ4n) is 3.04. The second kappa shape index (κ2) is 5.96. The molecule has 0 atom stereocenters. The minimum atomic E-state index is 0.449. The van der Waals surface area contributed by atoms with Gasteiger partial charge in [-0.15, -0.1) is 0 Å². The van der Waals surface area contributed by atoms with Gasteiger partial charge in [-0.1, -0.05) is 51.7 Å². The largest absolute Gasteiger partial charge is 0.347 e. The summed E-state index contributed by atoms with van der Waals surface area (Å²) in [6, 6.07) is 0. The zero-order valence-corrected chi connectivity index (χ0v) is 12.6. The molecule has 2 nitrogen and oxygen atoms in total. The van der Waals surface area contributed by atoms with Crippen molar-refractivity contribution in [2.75, 3.05) is 0 Å². The van der Waals surface area contributed by atoms with Crippen molar-refractivity contribution in [2.24, 2.45) is 0 Å². The second-order valence-corrected chi connectivity index (χ2v) is 6.20. The molecule has 0 aromatic carbocycles. The third-order valence-electron chi connectivity index (χ3n) is 3.99. The van der Waals surface area contributed by atoms with Gasteiger partial charge in [0.2, 0.25) is 0 Å². The Hall–Kier alpha value is -0.700. The third kappa shape index (κ3) is 3.00. The summed E-state index contributed by atoms with van der Waals surface area (Å²) in [6.45, 7) is 6.49. The van der Waals surface area contributed by atoms with E-state index in [0.717, 1.165) is 10.5 Å². The van der Waals surface area contributed by atoms with Crippen LogP contribution < -0.4 is 0 Å². The van der Waals surface area contributed by atoms with Crippen LogP contribution in [0.4, 0.5) is 0 Å². The van der Waals surface area contributed by atoms with Crippen molar-refractivity contribution in [3.05, 3.63) is 21.7 Å². The molecule has 0 unspecified atom stereocenters. The van der Waals surface area contributed by atoms with Gasteiger partial charge in [0.05, 0.1) is 0 Å². The fourth-order valence-corrected chi connectivity index (χ4v) is 3.53. The Kier molecular flexibility index (Phi) is 4.55. The number of aromatic nitrogens is 2. The summed E-state index contributed by atoms with van der Waals surface area (Å²) in [5.74, 6) is 2.17. The van der Waals surface area contributed by atoms with Gasteiger partial charge < -0.3 is 4.98 Å². The average Bonchev–Trinajstić information content (AvgIpc) is 2.55. The van der Waals surface area contributed by atoms with Crippen LogP contribution in [0.25, 0.3) is 0 Å². The summed E-state index contributed by atoms with van der Waals surface area (Å²) in [6.07, 6.45) is 7.94. The van der Waals surface area contributed by atoms with Crippen LogP contribution in [0, 0.1) is 11.6 Å². The molecule has 1 fully saturated rings.